The van der Waals surface area contributed by atoms with Gasteiger partial charge in [0, 0.05) is 16.8 Å². The predicted molar refractivity (Wildman–Crippen MR) is 77.5 cm³/mol. The molecule has 2 aromatic carbocycles. The van der Waals surface area contributed by atoms with Gasteiger partial charge in [-0.1, -0.05) is 6.07 Å². The number of hydrogen-bond donors (Lipinski definition) is 1. The van der Waals surface area contributed by atoms with Gasteiger partial charge in [-0.2, -0.15) is 0 Å². The van der Waals surface area contributed by atoms with Gasteiger partial charge < -0.3 is 10.1 Å². The van der Waals surface area contributed by atoms with Crippen LogP contribution in [0.5, 0.6) is 5.75 Å². The molecule has 0 fully saturated rings. The Morgan fingerprint density at radius 2 is 2.00 bits per heavy atom. The minimum absolute atomic E-state index is 0.220. The van der Waals surface area contributed by atoms with Crippen LogP contribution in [0.15, 0.2) is 42.5 Å². The van der Waals surface area contributed by atoms with Crippen LogP contribution in [-0.4, -0.2) is 19.3 Å². The van der Waals surface area contributed by atoms with Gasteiger partial charge >= 0.3 is 0 Å². The molecule has 0 atom stereocenters. The lowest BCUT2D eigenvalue weighted by molar-refractivity contribution is 0.102. The van der Waals surface area contributed by atoms with Crippen LogP contribution < -0.4 is 10.1 Å². The molecule has 0 aliphatic heterocycles. The van der Waals surface area contributed by atoms with Crippen LogP contribution in [0, 0.1) is 6.92 Å². The van der Waals surface area contributed by atoms with E-state index < -0.39 is 0 Å². The van der Waals surface area contributed by atoms with Crippen molar-refractivity contribution in [3.8, 4) is 5.75 Å². The van der Waals surface area contributed by atoms with Crippen molar-refractivity contribution in [3.63, 3.8) is 0 Å². The highest BCUT2D eigenvalue weighted by atomic mass is 16.5. The maximum atomic E-state index is 12.1. The van der Waals surface area contributed by atoms with E-state index in [0.717, 1.165) is 11.8 Å². The minimum atomic E-state index is -0.220. The van der Waals surface area contributed by atoms with Gasteiger partial charge in [0.2, 0.25) is 0 Å². The summed E-state index contributed by atoms with van der Waals surface area (Å²) in [6.45, 7) is 1.82. The van der Waals surface area contributed by atoms with Gasteiger partial charge in [-0.15, -0.1) is 0 Å². The molecule has 2 aromatic rings. The van der Waals surface area contributed by atoms with Crippen LogP contribution in [0.25, 0.3) is 0 Å². The summed E-state index contributed by atoms with van der Waals surface area (Å²) in [6.07, 6.45) is 0.795. The number of ether oxygens (including phenoxy) is 1. The molecule has 0 unspecified atom stereocenters. The largest absolute Gasteiger partial charge is 0.497 e. The molecule has 0 aromatic heterocycles. The van der Waals surface area contributed by atoms with Gasteiger partial charge in [-0.3, -0.25) is 9.59 Å². The van der Waals surface area contributed by atoms with Crippen LogP contribution in [0.1, 0.15) is 26.3 Å². The summed E-state index contributed by atoms with van der Waals surface area (Å²) in [7, 11) is 1.55. The zero-order valence-electron chi connectivity index (χ0n) is 11.3. The molecule has 0 saturated heterocycles. The lowest BCUT2D eigenvalue weighted by Gasteiger charge is -2.08. The molecular formula is C16H15NO3. The fourth-order valence-corrected chi connectivity index (χ4v) is 1.85. The first kappa shape index (κ1) is 13.8. The highest BCUT2D eigenvalue weighted by Crippen LogP contribution is 2.17. The predicted octanol–water partition coefficient (Wildman–Crippen LogP) is 3.07. The normalized spacial score (nSPS) is 9.90. The SMILES string of the molecule is COc1cccc(C(=O)Nc2ccc(C=O)c(C)c2)c1. The van der Waals surface area contributed by atoms with E-state index in [-0.39, 0.29) is 5.91 Å². The van der Waals surface area contributed by atoms with E-state index in [1.54, 1.807) is 49.6 Å². The molecule has 1 amide bonds. The number of anilines is 1. The van der Waals surface area contributed by atoms with Gasteiger partial charge in [-0.25, -0.2) is 0 Å². The van der Waals surface area contributed by atoms with Crippen molar-refractivity contribution in [2.45, 2.75) is 6.92 Å². The molecule has 4 heteroatoms. The van der Waals surface area contributed by atoms with Crippen molar-refractivity contribution >= 4 is 17.9 Å². The third-order valence-electron chi connectivity index (χ3n) is 2.99. The molecule has 0 radical (unpaired) electrons. The maximum Gasteiger partial charge on any atom is 0.255 e. The highest BCUT2D eigenvalue weighted by molar-refractivity contribution is 6.04. The van der Waals surface area contributed by atoms with Crippen molar-refractivity contribution in [2.75, 3.05) is 12.4 Å². The van der Waals surface area contributed by atoms with Gasteiger partial charge in [0.25, 0.3) is 5.91 Å². The van der Waals surface area contributed by atoms with Crippen LogP contribution in [0.3, 0.4) is 0 Å². The number of aldehydes is 1. The molecule has 20 heavy (non-hydrogen) atoms. The molecule has 102 valence electrons. The number of amides is 1. The first-order valence-electron chi connectivity index (χ1n) is 6.15. The van der Waals surface area contributed by atoms with Crippen LogP contribution in [0.2, 0.25) is 0 Å². The monoisotopic (exact) mass is 269 g/mol. The smallest absolute Gasteiger partial charge is 0.255 e. The first-order chi connectivity index (χ1) is 9.63. The second-order valence-corrected chi connectivity index (χ2v) is 4.38. The Balaban J connectivity index is 2.18. The van der Waals surface area contributed by atoms with E-state index in [2.05, 4.69) is 5.32 Å². The number of benzene rings is 2. The van der Waals surface area contributed by atoms with Crippen LogP contribution in [0.4, 0.5) is 5.69 Å². The Morgan fingerprint density at radius 3 is 2.65 bits per heavy atom. The molecular weight excluding hydrogens is 254 g/mol. The molecule has 4 nitrogen and oxygen atoms in total. The van der Waals surface area contributed by atoms with E-state index in [1.807, 2.05) is 6.92 Å². The van der Waals surface area contributed by atoms with Crippen LogP contribution in [-0.2, 0) is 0 Å². The Labute approximate surface area is 117 Å². The van der Waals surface area contributed by atoms with E-state index in [4.69, 9.17) is 4.74 Å². The molecule has 0 aliphatic rings. The molecule has 2 rings (SSSR count). The number of nitrogens with one attached hydrogen (secondary N) is 1. The summed E-state index contributed by atoms with van der Waals surface area (Å²) in [6, 6.07) is 12.1. The number of aryl methyl sites for hydroxylation is 1. The molecule has 0 spiro atoms. The number of carbonyl (C=O) groups is 2. The molecule has 0 bridgehead atoms. The zero-order chi connectivity index (χ0) is 14.5. The summed E-state index contributed by atoms with van der Waals surface area (Å²) >= 11 is 0. The van der Waals surface area contributed by atoms with Crippen molar-refractivity contribution < 1.29 is 14.3 Å². The fourth-order valence-electron chi connectivity index (χ4n) is 1.85. The van der Waals surface area contributed by atoms with Crippen molar-refractivity contribution in [3.05, 3.63) is 59.2 Å². The van der Waals surface area contributed by atoms with Crippen LogP contribution >= 0.6 is 0 Å². The van der Waals surface area contributed by atoms with Gasteiger partial charge in [0.05, 0.1) is 7.11 Å². The van der Waals surface area contributed by atoms with Gasteiger partial charge in [-0.05, 0) is 48.9 Å². The second kappa shape index (κ2) is 6.02. The number of rotatable bonds is 4. The quantitative estimate of drug-likeness (QED) is 0.868. The Bertz CT molecular complexity index is 650. The summed E-state index contributed by atoms with van der Waals surface area (Å²) < 4.78 is 5.09. The van der Waals surface area contributed by atoms with E-state index in [0.29, 0.717) is 22.6 Å². The number of carbonyl (C=O) groups excluding carboxylic acids is 2. The summed E-state index contributed by atoms with van der Waals surface area (Å²) in [5, 5.41) is 2.79. The average molecular weight is 269 g/mol. The fraction of sp³-hybridized carbons (Fsp3) is 0.125. The third-order valence-corrected chi connectivity index (χ3v) is 2.99. The first-order valence-corrected chi connectivity index (χ1v) is 6.15. The van der Waals surface area contributed by atoms with Gasteiger partial charge in [0.15, 0.2) is 0 Å². The Hall–Kier alpha value is -2.62. The summed E-state index contributed by atoms with van der Waals surface area (Å²) in [5.41, 5.74) is 2.61. The highest BCUT2D eigenvalue weighted by Gasteiger charge is 2.08. The minimum Gasteiger partial charge on any atom is -0.497 e. The summed E-state index contributed by atoms with van der Waals surface area (Å²) in [4.78, 5) is 22.9. The van der Waals surface area contributed by atoms with Crippen molar-refractivity contribution in [1.29, 1.82) is 0 Å². The number of methoxy groups -OCH3 is 1. The van der Waals surface area contributed by atoms with Crippen molar-refractivity contribution in [1.82, 2.24) is 0 Å². The number of hydrogen-bond acceptors (Lipinski definition) is 3. The van der Waals surface area contributed by atoms with E-state index >= 15 is 0 Å². The Kier molecular flexibility index (Phi) is 4.15. The maximum absolute atomic E-state index is 12.1. The molecule has 0 heterocycles. The molecule has 0 aliphatic carbocycles. The third kappa shape index (κ3) is 3.03. The van der Waals surface area contributed by atoms with E-state index in [1.165, 1.54) is 0 Å². The Morgan fingerprint density at radius 1 is 1.20 bits per heavy atom. The lowest BCUT2D eigenvalue weighted by atomic mass is 10.1. The summed E-state index contributed by atoms with van der Waals surface area (Å²) in [5.74, 6) is 0.410. The topological polar surface area (TPSA) is 55.4 Å². The molecule has 0 saturated carbocycles. The van der Waals surface area contributed by atoms with Gasteiger partial charge in [0.1, 0.15) is 12.0 Å². The second-order valence-electron chi connectivity index (χ2n) is 4.38. The zero-order valence-corrected chi connectivity index (χ0v) is 11.3. The van der Waals surface area contributed by atoms with Crippen molar-refractivity contribution in [2.24, 2.45) is 0 Å². The standard InChI is InChI=1S/C16H15NO3/c1-11-8-14(7-6-13(11)10-18)17-16(19)12-4-3-5-15(9-12)20-2/h3-10H,1-2H3,(H,17,19). The molecule has 1 N–H and O–H groups in total. The lowest BCUT2D eigenvalue weighted by Crippen LogP contribution is -2.12. The van der Waals surface area contributed by atoms with E-state index in [9.17, 15) is 9.59 Å². The average Bonchev–Trinajstić information content (AvgIpc) is 2.47.